The molecular formula is C20H31N3O2. The Kier molecular flexibility index (Phi) is 5.52. The van der Waals surface area contributed by atoms with E-state index in [0.29, 0.717) is 18.1 Å². The van der Waals surface area contributed by atoms with Crippen molar-refractivity contribution in [2.24, 2.45) is 16.3 Å². The Morgan fingerprint density at radius 2 is 2.12 bits per heavy atom. The fraction of sp³-hybridized carbons (Fsp3) is 0.650. The first-order valence-electron chi connectivity index (χ1n) is 9.36. The van der Waals surface area contributed by atoms with E-state index in [1.807, 2.05) is 37.4 Å². The van der Waals surface area contributed by atoms with Crippen molar-refractivity contribution in [2.75, 3.05) is 20.2 Å². The highest BCUT2D eigenvalue weighted by Gasteiger charge is 2.59. The van der Waals surface area contributed by atoms with Crippen LogP contribution in [-0.2, 0) is 4.74 Å². The third kappa shape index (κ3) is 3.76. The van der Waals surface area contributed by atoms with Crippen LogP contribution in [-0.4, -0.2) is 44.4 Å². The van der Waals surface area contributed by atoms with Gasteiger partial charge in [0.05, 0.1) is 12.6 Å². The summed E-state index contributed by atoms with van der Waals surface area (Å²) in [5.41, 5.74) is 0.142. The number of ether oxygens (including phenoxy) is 2. The summed E-state index contributed by atoms with van der Waals surface area (Å²) in [7, 11) is 1.82. The first-order valence-corrected chi connectivity index (χ1v) is 9.36. The second-order valence-corrected chi connectivity index (χ2v) is 7.60. The molecule has 3 rings (SSSR count). The predicted octanol–water partition coefficient (Wildman–Crippen LogP) is 2.82. The summed E-state index contributed by atoms with van der Waals surface area (Å²) in [6, 6.07) is 10.4. The SMILES string of the molecule is CCC(CNC(=NC)NC1C2CCOC2C1(C)C)Oc1ccccc1. The van der Waals surface area contributed by atoms with Gasteiger partial charge in [0.2, 0.25) is 0 Å². The van der Waals surface area contributed by atoms with E-state index >= 15 is 0 Å². The van der Waals surface area contributed by atoms with Gasteiger partial charge in [-0.15, -0.1) is 0 Å². The third-order valence-electron chi connectivity index (χ3n) is 5.61. The molecule has 1 aliphatic heterocycles. The topological polar surface area (TPSA) is 54.9 Å². The molecule has 4 atom stereocenters. The van der Waals surface area contributed by atoms with Crippen molar-refractivity contribution in [1.29, 1.82) is 0 Å². The number of guanidine groups is 1. The second-order valence-electron chi connectivity index (χ2n) is 7.60. The number of nitrogens with zero attached hydrogens (tertiary/aromatic N) is 1. The van der Waals surface area contributed by atoms with Crippen LogP contribution < -0.4 is 15.4 Å². The van der Waals surface area contributed by atoms with Gasteiger partial charge in [0.15, 0.2) is 5.96 Å². The molecule has 25 heavy (non-hydrogen) atoms. The number of fused-ring (bicyclic) bond motifs is 1. The van der Waals surface area contributed by atoms with E-state index in [1.54, 1.807) is 0 Å². The van der Waals surface area contributed by atoms with Crippen LogP contribution in [0, 0.1) is 11.3 Å². The van der Waals surface area contributed by atoms with Crippen molar-refractivity contribution < 1.29 is 9.47 Å². The lowest BCUT2D eigenvalue weighted by molar-refractivity contribution is -0.106. The molecule has 5 nitrogen and oxygen atoms in total. The molecule has 2 fully saturated rings. The second kappa shape index (κ2) is 7.65. The van der Waals surface area contributed by atoms with Crippen molar-refractivity contribution in [3.63, 3.8) is 0 Å². The monoisotopic (exact) mass is 345 g/mol. The van der Waals surface area contributed by atoms with Gasteiger partial charge in [0, 0.05) is 31.0 Å². The maximum atomic E-state index is 6.05. The smallest absolute Gasteiger partial charge is 0.191 e. The molecule has 5 heteroatoms. The quantitative estimate of drug-likeness (QED) is 0.615. The minimum Gasteiger partial charge on any atom is -0.489 e. The van der Waals surface area contributed by atoms with Crippen LogP contribution in [0.1, 0.15) is 33.6 Å². The predicted molar refractivity (Wildman–Crippen MR) is 101 cm³/mol. The van der Waals surface area contributed by atoms with Crippen LogP contribution in [0.2, 0.25) is 0 Å². The zero-order chi connectivity index (χ0) is 17.9. The Bertz CT molecular complexity index is 588. The van der Waals surface area contributed by atoms with Gasteiger partial charge in [-0.05, 0) is 25.0 Å². The van der Waals surface area contributed by atoms with Gasteiger partial charge in [-0.1, -0.05) is 39.0 Å². The molecule has 0 bridgehead atoms. The van der Waals surface area contributed by atoms with Crippen molar-refractivity contribution in [2.45, 2.75) is 51.9 Å². The Morgan fingerprint density at radius 3 is 2.80 bits per heavy atom. The van der Waals surface area contributed by atoms with Gasteiger partial charge in [-0.25, -0.2) is 0 Å². The van der Waals surface area contributed by atoms with E-state index in [1.165, 1.54) is 0 Å². The summed E-state index contributed by atoms with van der Waals surface area (Å²) >= 11 is 0. The molecule has 2 N–H and O–H groups in total. The highest BCUT2D eigenvalue weighted by Crippen LogP contribution is 2.52. The number of rotatable bonds is 6. The van der Waals surface area contributed by atoms with Crippen LogP contribution in [0.4, 0.5) is 0 Å². The number of hydrogen-bond donors (Lipinski definition) is 2. The fourth-order valence-corrected chi connectivity index (χ4v) is 4.13. The van der Waals surface area contributed by atoms with Gasteiger partial charge in [0.25, 0.3) is 0 Å². The third-order valence-corrected chi connectivity index (χ3v) is 5.61. The van der Waals surface area contributed by atoms with Crippen LogP contribution in [0.25, 0.3) is 0 Å². The molecular weight excluding hydrogens is 314 g/mol. The highest BCUT2D eigenvalue weighted by atomic mass is 16.5. The molecule has 0 aromatic heterocycles. The molecule has 0 spiro atoms. The number of aliphatic imine (C=N–C) groups is 1. The number of para-hydroxylation sites is 1. The molecule has 1 saturated heterocycles. The first-order chi connectivity index (χ1) is 12.1. The molecule has 4 unspecified atom stereocenters. The maximum absolute atomic E-state index is 6.05. The normalized spacial score (nSPS) is 28.6. The van der Waals surface area contributed by atoms with E-state index < -0.39 is 0 Å². The average molecular weight is 345 g/mol. The number of benzene rings is 1. The lowest BCUT2D eigenvalue weighted by Gasteiger charge is -2.54. The summed E-state index contributed by atoms with van der Waals surface area (Å²) in [5.74, 6) is 2.35. The maximum Gasteiger partial charge on any atom is 0.191 e. The molecule has 2 aliphatic rings. The molecule has 1 aromatic carbocycles. The highest BCUT2D eigenvalue weighted by molar-refractivity contribution is 5.80. The number of hydrogen-bond acceptors (Lipinski definition) is 3. The molecule has 138 valence electrons. The summed E-state index contributed by atoms with van der Waals surface area (Å²) < 4.78 is 11.9. The van der Waals surface area contributed by atoms with Gasteiger partial charge in [0.1, 0.15) is 11.9 Å². The Balaban J connectivity index is 1.52. The molecule has 0 radical (unpaired) electrons. The fourth-order valence-electron chi connectivity index (χ4n) is 4.13. The average Bonchev–Trinajstić information content (AvgIpc) is 3.08. The lowest BCUT2D eigenvalue weighted by Crippen LogP contribution is -2.68. The van der Waals surface area contributed by atoms with Crippen molar-refractivity contribution in [1.82, 2.24) is 10.6 Å². The lowest BCUT2D eigenvalue weighted by atomic mass is 9.57. The standard InChI is InChI=1S/C20H31N3O2/c1-5-14(25-15-9-7-6-8-10-15)13-22-19(21-4)23-17-16-11-12-24-18(16)20(17,2)3/h6-10,14,16-18H,5,11-13H2,1-4H3,(H2,21,22,23). The molecule has 1 heterocycles. The van der Waals surface area contributed by atoms with E-state index in [0.717, 1.165) is 37.7 Å². The van der Waals surface area contributed by atoms with Gasteiger partial charge in [-0.3, -0.25) is 4.99 Å². The Morgan fingerprint density at radius 1 is 1.36 bits per heavy atom. The van der Waals surface area contributed by atoms with Gasteiger partial charge < -0.3 is 20.1 Å². The van der Waals surface area contributed by atoms with Crippen LogP contribution in [0.15, 0.2) is 35.3 Å². The zero-order valence-corrected chi connectivity index (χ0v) is 15.8. The van der Waals surface area contributed by atoms with Crippen LogP contribution in [0.5, 0.6) is 5.75 Å². The Labute approximate surface area is 151 Å². The van der Waals surface area contributed by atoms with E-state index in [9.17, 15) is 0 Å². The van der Waals surface area contributed by atoms with Crippen LogP contribution >= 0.6 is 0 Å². The minimum absolute atomic E-state index is 0.109. The van der Waals surface area contributed by atoms with E-state index in [2.05, 4.69) is 36.4 Å². The van der Waals surface area contributed by atoms with E-state index in [4.69, 9.17) is 9.47 Å². The number of nitrogens with one attached hydrogen (secondary N) is 2. The minimum atomic E-state index is 0.109. The molecule has 1 aromatic rings. The zero-order valence-electron chi connectivity index (χ0n) is 15.8. The molecule has 1 saturated carbocycles. The molecule has 1 aliphatic carbocycles. The summed E-state index contributed by atoms with van der Waals surface area (Å²) in [5, 5.41) is 7.04. The largest absolute Gasteiger partial charge is 0.489 e. The Hall–Kier alpha value is -1.75. The van der Waals surface area contributed by atoms with Crippen molar-refractivity contribution in [3.8, 4) is 5.75 Å². The van der Waals surface area contributed by atoms with Crippen molar-refractivity contribution in [3.05, 3.63) is 30.3 Å². The van der Waals surface area contributed by atoms with Crippen LogP contribution in [0.3, 0.4) is 0 Å². The summed E-state index contributed by atoms with van der Waals surface area (Å²) in [6.45, 7) is 8.30. The van der Waals surface area contributed by atoms with Crippen molar-refractivity contribution >= 4 is 5.96 Å². The first kappa shape index (κ1) is 18.1. The molecule has 0 amide bonds. The summed E-state index contributed by atoms with van der Waals surface area (Å²) in [4.78, 5) is 4.40. The summed E-state index contributed by atoms with van der Waals surface area (Å²) in [6.07, 6.45) is 2.56. The van der Waals surface area contributed by atoms with Gasteiger partial charge >= 0.3 is 0 Å². The van der Waals surface area contributed by atoms with Gasteiger partial charge in [-0.2, -0.15) is 0 Å². The van der Waals surface area contributed by atoms with E-state index in [-0.39, 0.29) is 11.5 Å².